The molecule has 0 radical (unpaired) electrons. The molecule has 1 atom stereocenters. The number of carboxylic acids is 1. The fourth-order valence-corrected chi connectivity index (χ4v) is 2.10. The summed E-state index contributed by atoms with van der Waals surface area (Å²) in [6.45, 7) is 2.04. The third-order valence-corrected chi connectivity index (χ3v) is 3.35. The van der Waals surface area contributed by atoms with Crippen molar-refractivity contribution >= 4 is 23.0 Å². The van der Waals surface area contributed by atoms with E-state index in [0.29, 0.717) is 5.56 Å². The number of hydrogen-bond acceptors (Lipinski definition) is 4. The minimum atomic E-state index is -0.910. The maximum absolute atomic E-state index is 10.7. The first-order valence-corrected chi connectivity index (χ1v) is 6.03. The second kappa shape index (κ2) is 4.97. The van der Waals surface area contributed by atoms with Crippen LogP contribution in [0.2, 0.25) is 0 Å². The van der Waals surface area contributed by atoms with Crippen LogP contribution < -0.4 is 5.32 Å². The van der Waals surface area contributed by atoms with Crippen molar-refractivity contribution in [2.24, 2.45) is 0 Å². The number of aromatic carboxylic acids is 1. The van der Waals surface area contributed by atoms with Gasteiger partial charge in [-0.2, -0.15) is 0 Å². The van der Waals surface area contributed by atoms with Crippen molar-refractivity contribution in [3.05, 3.63) is 46.4 Å². The van der Waals surface area contributed by atoms with Crippen LogP contribution >= 0.6 is 11.3 Å². The van der Waals surface area contributed by atoms with Gasteiger partial charge in [-0.1, -0.05) is 0 Å². The molecule has 0 spiro atoms. The number of carboxylic acid groups (broad SMARTS) is 1. The third kappa shape index (κ3) is 2.82. The summed E-state index contributed by atoms with van der Waals surface area (Å²) in [7, 11) is 0. The lowest BCUT2D eigenvalue weighted by Gasteiger charge is -2.13. The van der Waals surface area contributed by atoms with Gasteiger partial charge in [-0.3, -0.25) is 4.98 Å². The predicted octanol–water partition coefficient (Wildman–Crippen LogP) is 3.01. The van der Waals surface area contributed by atoms with Gasteiger partial charge in [0.15, 0.2) is 0 Å². The van der Waals surface area contributed by atoms with Crippen molar-refractivity contribution in [3.8, 4) is 0 Å². The van der Waals surface area contributed by atoms with E-state index in [-0.39, 0.29) is 6.04 Å². The topological polar surface area (TPSA) is 62.2 Å². The van der Waals surface area contributed by atoms with E-state index in [1.54, 1.807) is 41.1 Å². The van der Waals surface area contributed by atoms with E-state index in [1.165, 1.54) is 0 Å². The Morgan fingerprint density at radius 1 is 1.41 bits per heavy atom. The van der Waals surface area contributed by atoms with E-state index in [0.717, 1.165) is 10.6 Å². The molecule has 88 valence electrons. The molecule has 1 aromatic heterocycles. The molecule has 1 aromatic carbocycles. The summed E-state index contributed by atoms with van der Waals surface area (Å²) in [6.07, 6.45) is 1.83. The van der Waals surface area contributed by atoms with Crippen LogP contribution in [0.5, 0.6) is 0 Å². The SMILES string of the molecule is CC(Nc1ccc(C(=O)O)cc1)c1cncs1. The average molecular weight is 248 g/mol. The summed E-state index contributed by atoms with van der Waals surface area (Å²) in [5.41, 5.74) is 2.98. The van der Waals surface area contributed by atoms with Gasteiger partial charge in [-0.25, -0.2) is 4.79 Å². The summed E-state index contributed by atoms with van der Waals surface area (Å²) in [5, 5.41) is 12.1. The van der Waals surface area contributed by atoms with Gasteiger partial charge in [0.05, 0.1) is 17.1 Å². The number of nitrogens with zero attached hydrogens (tertiary/aromatic N) is 1. The number of carbonyl (C=O) groups is 1. The van der Waals surface area contributed by atoms with Crippen LogP contribution in [-0.2, 0) is 0 Å². The highest BCUT2D eigenvalue weighted by molar-refractivity contribution is 7.09. The van der Waals surface area contributed by atoms with Crippen LogP contribution in [0.4, 0.5) is 5.69 Å². The van der Waals surface area contributed by atoms with E-state index < -0.39 is 5.97 Å². The molecule has 0 aliphatic rings. The number of thiazole rings is 1. The first kappa shape index (κ1) is 11.6. The van der Waals surface area contributed by atoms with Crippen molar-refractivity contribution < 1.29 is 9.90 Å². The Morgan fingerprint density at radius 2 is 2.12 bits per heavy atom. The maximum atomic E-state index is 10.7. The molecule has 1 heterocycles. The molecule has 0 aliphatic heterocycles. The second-order valence-corrected chi connectivity index (χ2v) is 4.57. The van der Waals surface area contributed by atoms with Crippen LogP contribution in [0, 0.1) is 0 Å². The van der Waals surface area contributed by atoms with E-state index in [2.05, 4.69) is 10.3 Å². The number of hydrogen-bond donors (Lipinski definition) is 2. The first-order chi connectivity index (χ1) is 8.16. The molecule has 2 N–H and O–H groups in total. The molecule has 0 aliphatic carbocycles. The van der Waals surface area contributed by atoms with Crippen molar-refractivity contribution in [2.75, 3.05) is 5.32 Å². The van der Waals surface area contributed by atoms with E-state index in [9.17, 15) is 4.79 Å². The van der Waals surface area contributed by atoms with Gasteiger partial charge in [0.25, 0.3) is 0 Å². The fourth-order valence-electron chi connectivity index (χ4n) is 1.47. The third-order valence-electron chi connectivity index (χ3n) is 2.39. The lowest BCUT2D eigenvalue weighted by Crippen LogP contribution is -2.05. The standard InChI is InChI=1S/C12H12N2O2S/c1-8(11-6-13-7-17-11)14-10-4-2-9(3-5-10)12(15)16/h2-8,14H,1H3,(H,15,16). The molecular formula is C12H12N2O2S. The van der Waals surface area contributed by atoms with Crippen molar-refractivity contribution in [1.82, 2.24) is 4.98 Å². The molecule has 4 nitrogen and oxygen atoms in total. The fraction of sp³-hybridized carbons (Fsp3) is 0.167. The van der Waals surface area contributed by atoms with Crippen molar-refractivity contribution in [1.29, 1.82) is 0 Å². The normalized spacial score (nSPS) is 12.1. The van der Waals surface area contributed by atoms with Crippen LogP contribution in [0.15, 0.2) is 36.0 Å². The van der Waals surface area contributed by atoms with Crippen molar-refractivity contribution in [3.63, 3.8) is 0 Å². The van der Waals surface area contributed by atoms with Gasteiger partial charge in [0, 0.05) is 16.8 Å². The highest BCUT2D eigenvalue weighted by atomic mass is 32.1. The number of rotatable bonds is 4. The van der Waals surface area contributed by atoms with Crippen LogP contribution in [0.25, 0.3) is 0 Å². The molecule has 0 saturated heterocycles. The Balaban J connectivity index is 2.06. The molecule has 0 bridgehead atoms. The Bertz CT molecular complexity index is 494. The summed E-state index contributed by atoms with van der Waals surface area (Å²) in [5.74, 6) is -0.910. The van der Waals surface area contributed by atoms with Gasteiger partial charge in [0.2, 0.25) is 0 Å². The minimum Gasteiger partial charge on any atom is -0.478 e. The Morgan fingerprint density at radius 3 is 2.65 bits per heavy atom. The van der Waals surface area contributed by atoms with E-state index in [1.807, 2.05) is 13.1 Å². The average Bonchev–Trinajstić information content (AvgIpc) is 2.83. The van der Waals surface area contributed by atoms with Crippen LogP contribution in [0.1, 0.15) is 28.2 Å². The second-order valence-electron chi connectivity index (χ2n) is 3.65. The van der Waals surface area contributed by atoms with Gasteiger partial charge in [0.1, 0.15) is 0 Å². The number of benzene rings is 1. The largest absolute Gasteiger partial charge is 0.478 e. The molecule has 2 aromatic rings. The minimum absolute atomic E-state index is 0.165. The van der Waals surface area contributed by atoms with Crippen LogP contribution in [0.3, 0.4) is 0 Å². The summed E-state index contributed by atoms with van der Waals surface area (Å²) in [6, 6.07) is 6.87. The zero-order valence-electron chi connectivity index (χ0n) is 9.25. The zero-order chi connectivity index (χ0) is 12.3. The smallest absolute Gasteiger partial charge is 0.335 e. The zero-order valence-corrected chi connectivity index (χ0v) is 10.1. The highest BCUT2D eigenvalue weighted by Gasteiger charge is 2.07. The van der Waals surface area contributed by atoms with Gasteiger partial charge < -0.3 is 10.4 Å². The van der Waals surface area contributed by atoms with Gasteiger partial charge in [-0.05, 0) is 31.2 Å². The van der Waals surface area contributed by atoms with Gasteiger partial charge >= 0.3 is 5.97 Å². The summed E-state index contributed by atoms with van der Waals surface area (Å²) < 4.78 is 0. The molecule has 0 amide bonds. The molecular weight excluding hydrogens is 236 g/mol. The summed E-state index contributed by atoms with van der Waals surface area (Å²) >= 11 is 1.59. The number of aromatic nitrogens is 1. The molecule has 2 rings (SSSR count). The molecule has 1 unspecified atom stereocenters. The molecule has 17 heavy (non-hydrogen) atoms. The number of anilines is 1. The molecule has 5 heteroatoms. The number of nitrogens with one attached hydrogen (secondary N) is 1. The predicted molar refractivity (Wildman–Crippen MR) is 67.6 cm³/mol. The lowest BCUT2D eigenvalue weighted by molar-refractivity contribution is 0.0697. The Hall–Kier alpha value is -1.88. The van der Waals surface area contributed by atoms with Crippen molar-refractivity contribution in [2.45, 2.75) is 13.0 Å². The van der Waals surface area contributed by atoms with Crippen LogP contribution in [-0.4, -0.2) is 16.1 Å². The van der Waals surface area contributed by atoms with Gasteiger partial charge in [-0.15, -0.1) is 11.3 Å². The Kier molecular flexibility index (Phi) is 3.39. The highest BCUT2D eigenvalue weighted by Crippen LogP contribution is 2.21. The summed E-state index contributed by atoms with van der Waals surface area (Å²) in [4.78, 5) is 15.9. The molecule has 0 saturated carbocycles. The van der Waals surface area contributed by atoms with E-state index in [4.69, 9.17) is 5.11 Å². The Labute approximate surface area is 103 Å². The van der Waals surface area contributed by atoms with E-state index >= 15 is 0 Å². The lowest BCUT2D eigenvalue weighted by atomic mass is 10.2. The first-order valence-electron chi connectivity index (χ1n) is 5.15. The molecule has 0 fully saturated rings. The monoisotopic (exact) mass is 248 g/mol. The maximum Gasteiger partial charge on any atom is 0.335 e. The quantitative estimate of drug-likeness (QED) is 0.873.